The number of hydrogen-bond donors (Lipinski definition) is 2. The number of likely N-dealkylation sites (tertiary alicyclic amines) is 1. The first-order valence-electron chi connectivity index (χ1n) is 14.4. The van der Waals surface area contributed by atoms with Gasteiger partial charge in [0.25, 0.3) is 0 Å². The van der Waals surface area contributed by atoms with Crippen LogP contribution in [0.2, 0.25) is 0 Å². The lowest BCUT2D eigenvalue weighted by molar-refractivity contribution is -0.127. The molecule has 4 heterocycles. The normalized spacial score (nSPS) is 37.4. The summed E-state index contributed by atoms with van der Waals surface area (Å²) in [7, 11) is 2.27. The number of hydrogen-bond acceptors (Lipinski definition) is 6. The Bertz CT molecular complexity index is 610. The van der Waals surface area contributed by atoms with E-state index in [4.69, 9.17) is 0 Å². The van der Waals surface area contributed by atoms with Crippen molar-refractivity contribution in [2.45, 2.75) is 85.1 Å². The van der Waals surface area contributed by atoms with Crippen molar-refractivity contribution < 1.29 is 4.79 Å². The fourth-order valence-corrected chi connectivity index (χ4v) is 6.87. The minimum Gasteiger partial charge on any atom is -0.355 e. The summed E-state index contributed by atoms with van der Waals surface area (Å²) in [6, 6.07) is 0.850. The molecule has 2 N–H and O–H groups in total. The molecule has 4 aliphatic heterocycles. The zero-order chi connectivity index (χ0) is 24.7. The third-order valence-electron chi connectivity index (χ3n) is 8.19. The zero-order valence-corrected chi connectivity index (χ0v) is 23.1. The van der Waals surface area contributed by atoms with Gasteiger partial charge in [-0.15, -0.1) is 0 Å². The fourth-order valence-electron chi connectivity index (χ4n) is 6.87. The maximum atomic E-state index is 12.7. The summed E-state index contributed by atoms with van der Waals surface area (Å²) in [6.07, 6.45) is 6.57. The third-order valence-corrected chi connectivity index (χ3v) is 8.19. The van der Waals surface area contributed by atoms with Crippen molar-refractivity contribution >= 4 is 5.91 Å². The Morgan fingerprint density at radius 3 is 2.38 bits per heavy atom. The summed E-state index contributed by atoms with van der Waals surface area (Å²) >= 11 is 0. The highest BCUT2D eigenvalue weighted by molar-refractivity contribution is 5.80. The van der Waals surface area contributed by atoms with Crippen molar-refractivity contribution in [1.82, 2.24) is 30.2 Å². The van der Waals surface area contributed by atoms with Gasteiger partial charge in [0, 0.05) is 64.4 Å². The number of carbonyl (C=O) groups is 1. The van der Waals surface area contributed by atoms with E-state index < -0.39 is 0 Å². The van der Waals surface area contributed by atoms with Crippen LogP contribution in [0.4, 0.5) is 0 Å². The van der Waals surface area contributed by atoms with Gasteiger partial charge in [-0.3, -0.25) is 19.9 Å². The van der Waals surface area contributed by atoms with E-state index in [1.165, 1.54) is 58.4 Å². The van der Waals surface area contributed by atoms with Crippen molar-refractivity contribution in [2.24, 2.45) is 17.8 Å². The average Bonchev–Trinajstić information content (AvgIpc) is 3.10. The van der Waals surface area contributed by atoms with Crippen LogP contribution in [-0.2, 0) is 4.79 Å². The maximum Gasteiger partial charge on any atom is 0.224 e. The standard InChI is InChI=1S/C22H40N6O.C3H8.C2H6/c1-16-12-18-20-19(13-16)24-22(28(20)7-5-23-21(18)29)27-10-8-26(9-11-27)15-17-4-3-6-25(2)14-17;1-3-2;1-2/h16-20,22,24H,3-15H2,1-2H3,(H,23,29);3H2,1-2H3;1-2H3/t16?,17-,18?,19?,20?,22?;;/m1../s1. The smallest absolute Gasteiger partial charge is 0.224 e. The van der Waals surface area contributed by atoms with Gasteiger partial charge in [-0.05, 0) is 51.1 Å². The van der Waals surface area contributed by atoms with Gasteiger partial charge in [-0.1, -0.05) is 41.0 Å². The van der Waals surface area contributed by atoms with Crippen molar-refractivity contribution in [3.05, 3.63) is 0 Å². The number of piperazine rings is 1. The predicted molar refractivity (Wildman–Crippen MR) is 142 cm³/mol. The largest absolute Gasteiger partial charge is 0.355 e. The summed E-state index contributed by atoms with van der Waals surface area (Å²) in [5.41, 5.74) is 0. The Morgan fingerprint density at radius 2 is 1.71 bits per heavy atom. The summed E-state index contributed by atoms with van der Waals surface area (Å²) in [5, 5.41) is 7.15. The van der Waals surface area contributed by atoms with Crippen LogP contribution in [0.3, 0.4) is 0 Å². The Kier molecular flexibility index (Phi) is 11.1. The average molecular weight is 479 g/mol. The first-order valence-corrected chi connectivity index (χ1v) is 14.4. The zero-order valence-electron chi connectivity index (χ0n) is 23.1. The molecule has 0 bridgehead atoms. The molecule has 4 saturated heterocycles. The van der Waals surface area contributed by atoms with Crippen LogP contribution in [0.15, 0.2) is 0 Å². The molecule has 34 heavy (non-hydrogen) atoms. The van der Waals surface area contributed by atoms with E-state index in [9.17, 15) is 4.79 Å². The van der Waals surface area contributed by atoms with Gasteiger partial charge in [0.1, 0.15) is 6.29 Å². The van der Waals surface area contributed by atoms with Crippen LogP contribution in [0.5, 0.6) is 0 Å². The van der Waals surface area contributed by atoms with Crippen molar-refractivity contribution in [3.63, 3.8) is 0 Å². The number of carbonyl (C=O) groups excluding carboxylic acids is 1. The summed E-state index contributed by atoms with van der Waals surface area (Å²) in [5.74, 6) is 1.92. The first kappa shape index (κ1) is 27.9. The van der Waals surface area contributed by atoms with E-state index in [2.05, 4.69) is 58.1 Å². The minimum absolute atomic E-state index is 0.160. The van der Waals surface area contributed by atoms with E-state index >= 15 is 0 Å². The lowest BCUT2D eigenvalue weighted by Crippen LogP contribution is -2.59. The van der Waals surface area contributed by atoms with Crippen LogP contribution in [-0.4, -0.2) is 110 Å². The molecule has 0 radical (unpaired) electrons. The molecule has 0 aromatic carbocycles. The monoisotopic (exact) mass is 478 g/mol. The second-order valence-electron chi connectivity index (χ2n) is 11.2. The molecule has 5 aliphatic rings. The number of piperidine rings is 1. The molecule has 1 aliphatic carbocycles. The molecule has 5 unspecified atom stereocenters. The molecule has 198 valence electrons. The molecule has 0 spiro atoms. The molecular formula is C27H54N6O. The predicted octanol–water partition coefficient (Wildman–Crippen LogP) is 2.49. The number of nitrogens with one attached hydrogen (secondary N) is 2. The van der Waals surface area contributed by atoms with Crippen LogP contribution in [0.25, 0.3) is 0 Å². The molecule has 5 rings (SSSR count). The molecule has 6 atom stereocenters. The van der Waals surface area contributed by atoms with Gasteiger partial charge in [0.2, 0.25) is 5.91 Å². The van der Waals surface area contributed by atoms with E-state index in [1.54, 1.807) is 0 Å². The van der Waals surface area contributed by atoms with Crippen molar-refractivity contribution in [1.29, 1.82) is 0 Å². The van der Waals surface area contributed by atoms with Crippen LogP contribution < -0.4 is 10.6 Å². The Morgan fingerprint density at radius 1 is 1.00 bits per heavy atom. The number of nitrogens with zero attached hydrogens (tertiary/aromatic N) is 4. The molecular weight excluding hydrogens is 424 g/mol. The highest BCUT2D eigenvalue weighted by Gasteiger charge is 2.52. The van der Waals surface area contributed by atoms with Gasteiger partial charge in [-0.25, -0.2) is 0 Å². The summed E-state index contributed by atoms with van der Waals surface area (Å²) in [6.45, 7) is 20.8. The molecule has 0 aromatic heterocycles. The van der Waals surface area contributed by atoms with Gasteiger partial charge >= 0.3 is 0 Å². The van der Waals surface area contributed by atoms with E-state index in [0.717, 1.165) is 38.5 Å². The van der Waals surface area contributed by atoms with Gasteiger partial charge in [-0.2, -0.15) is 0 Å². The van der Waals surface area contributed by atoms with Crippen LogP contribution >= 0.6 is 0 Å². The van der Waals surface area contributed by atoms with Crippen LogP contribution in [0, 0.1) is 17.8 Å². The van der Waals surface area contributed by atoms with Crippen molar-refractivity contribution in [2.75, 3.05) is 66.0 Å². The second-order valence-corrected chi connectivity index (χ2v) is 11.2. The quantitative estimate of drug-likeness (QED) is 0.650. The summed E-state index contributed by atoms with van der Waals surface area (Å²) in [4.78, 5) is 23.1. The SMILES string of the molecule is CC.CC1CC2NC(N3CCN(C[C@@H]4CCCN(C)C4)CC3)N3CCNC(=O)C(C1)C23.CCC. The number of rotatable bonds is 3. The lowest BCUT2D eigenvalue weighted by Gasteiger charge is -2.43. The Balaban J connectivity index is 0.000000603. The van der Waals surface area contributed by atoms with E-state index in [0.29, 0.717) is 30.2 Å². The molecule has 0 aromatic rings. The molecule has 1 amide bonds. The highest BCUT2D eigenvalue weighted by atomic mass is 16.2. The summed E-state index contributed by atoms with van der Waals surface area (Å²) < 4.78 is 0. The first-order chi connectivity index (χ1) is 16.5. The lowest BCUT2D eigenvalue weighted by atomic mass is 9.75. The third kappa shape index (κ3) is 6.73. The fraction of sp³-hybridized carbons (Fsp3) is 0.963. The van der Waals surface area contributed by atoms with Gasteiger partial charge in [0.05, 0.1) is 5.92 Å². The molecule has 1 saturated carbocycles. The van der Waals surface area contributed by atoms with Crippen LogP contribution in [0.1, 0.15) is 66.7 Å². The molecule has 7 heteroatoms. The molecule has 5 fully saturated rings. The molecule has 7 nitrogen and oxygen atoms in total. The van der Waals surface area contributed by atoms with Crippen molar-refractivity contribution in [3.8, 4) is 0 Å². The van der Waals surface area contributed by atoms with Gasteiger partial charge < -0.3 is 15.1 Å². The minimum atomic E-state index is 0.160. The van der Waals surface area contributed by atoms with E-state index in [-0.39, 0.29) is 5.92 Å². The Hall–Kier alpha value is -0.730. The maximum absolute atomic E-state index is 12.7. The second kappa shape index (κ2) is 13.5. The topological polar surface area (TPSA) is 54.1 Å². The van der Waals surface area contributed by atoms with Gasteiger partial charge in [0.15, 0.2) is 0 Å². The Labute approximate surface area is 210 Å². The van der Waals surface area contributed by atoms with E-state index in [1.807, 2.05) is 13.8 Å². The highest BCUT2D eigenvalue weighted by Crippen LogP contribution is 2.38. The number of amides is 1.